The van der Waals surface area contributed by atoms with Gasteiger partial charge in [0.15, 0.2) is 0 Å². The Morgan fingerprint density at radius 1 is 1.10 bits per heavy atom. The van der Waals surface area contributed by atoms with Crippen molar-refractivity contribution in [3.05, 3.63) is 83.3 Å². The summed E-state index contributed by atoms with van der Waals surface area (Å²) >= 11 is 1.63. The molecule has 1 aromatic carbocycles. The van der Waals surface area contributed by atoms with Crippen molar-refractivity contribution in [2.45, 2.75) is 24.6 Å². The number of rotatable bonds is 7. The summed E-state index contributed by atoms with van der Waals surface area (Å²) < 4.78 is 4.99. The van der Waals surface area contributed by atoms with Crippen LogP contribution in [0.1, 0.15) is 39.0 Å². The molecule has 148 valence electrons. The van der Waals surface area contributed by atoms with E-state index >= 15 is 0 Å². The van der Waals surface area contributed by atoms with E-state index in [1.165, 1.54) is 6.07 Å². The molecular weight excluding hydrogens is 386 g/mol. The fourth-order valence-corrected chi connectivity index (χ4v) is 3.44. The first-order chi connectivity index (χ1) is 14.1. The van der Waals surface area contributed by atoms with Gasteiger partial charge in [-0.3, -0.25) is 4.79 Å². The number of carbonyl (C=O) groups is 2. The lowest BCUT2D eigenvalue weighted by atomic mass is 10.1. The number of amides is 1. The molecule has 0 atom stereocenters. The summed E-state index contributed by atoms with van der Waals surface area (Å²) in [6, 6.07) is 16.5. The number of aryl methyl sites for hydroxylation is 1. The van der Waals surface area contributed by atoms with E-state index in [-0.39, 0.29) is 18.2 Å². The number of nitrogens with one attached hydrogen (secondary N) is 1. The van der Waals surface area contributed by atoms with Crippen molar-refractivity contribution in [3.8, 4) is 0 Å². The summed E-state index contributed by atoms with van der Waals surface area (Å²) in [4.78, 5) is 33.0. The van der Waals surface area contributed by atoms with Crippen molar-refractivity contribution in [3.63, 3.8) is 0 Å². The summed E-state index contributed by atoms with van der Waals surface area (Å²) in [6.45, 7) is 3.71. The largest absolute Gasteiger partial charge is 0.462 e. The van der Waals surface area contributed by atoms with E-state index in [2.05, 4.69) is 15.3 Å². The standard InChI is InChI=1S/C22H21N3O3S/c1-3-28-22(27)18-10-11-19(24-15(18)2)21(26)25-17-8-6-7-16(13-17)14-29-20-9-4-5-12-23-20/h4-13H,3,14H2,1-2H3,(H,25,26). The summed E-state index contributed by atoms with van der Waals surface area (Å²) in [7, 11) is 0. The molecule has 0 saturated carbocycles. The highest BCUT2D eigenvalue weighted by atomic mass is 32.2. The molecule has 2 aromatic heterocycles. The van der Waals surface area contributed by atoms with Crippen LogP contribution in [0.15, 0.2) is 65.8 Å². The number of nitrogens with zero attached hydrogens (tertiary/aromatic N) is 2. The second-order valence-electron chi connectivity index (χ2n) is 6.16. The Labute approximate surface area is 173 Å². The van der Waals surface area contributed by atoms with Gasteiger partial charge in [0.2, 0.25) is 0 Å². The van der Waals surface area contributed by atoms with Gasteiger partial charge < -0.3 is 10.1 Å². The highest BCUT2D eigenvalue weighted by Crippen LogP contribution is 2.22. The minimum Gasteiger partial charge on any atom is -0.462 e. The molecule has 0 radical (unpaired) electrons. The molecular formula is C22H21N3O3S. The second kappa shape index (κ2) is 9.84. The minimum absolute atomic E-state index is 0.240. The SMILES string of the molecule is CCOC(=O)c1ccc(C(=O)Nc2cccc(CSc3ccccn3)c2)nc1C. The van der Waals surface area contributed by atoms with Gasteiger partial charge in [0.25, 0.3) is 5.91 Å². The van der Waals surface area contributed by atoms with E-state index in [0.29, 0.717) is 16.9 Å². The topological polar surface area (TPSA) is 81.2 Å². The number of hydrogen-bond acceptors (Lipinski definition) is 6. The number of esters is 1. The van der Waals surface area contributed by atoms with Crippen LogP contribution in [0.5, 0.6) is 0 Å². The zero-order chi connectivity index (χ0) is 20.6. The molecule has 2 heterocycles. The molecule has 0 aliphatic carbocycles. The molecule has 0 aliphatic rings. The van der Waals surface area contributed by atoms with E-state index in [1.54, 1.807) is 37.9 Å². The number of anilines is 1. The van der Waals surface area contributed by atoms with Gasteiger partial charge in [-0.2, -0.15) is 0 Å². The molecule has 7 heteroatoms. The van der Waals surface area contributed by atoms with Crippen LogP contribution < -0.4 is 5.32 Å². The fraction of sp³-hybridized carbons (Fsp3) is 0.182. The number of benzene rings is 1. The van der Waals surface area contributed by atoms with Gasteiger partial charge in [-0.05, 0) is 55.8 Å². The van der Waals surface area contributed by atoms with Crippen LogP contribution in [0, 0.1) is 6.92 Å². The third-order valence-corrected chi connectivity index (χ3v) is 5.04. The smallest absolute Gasteiger partial charge is 0.339 e. The Morgan fingerprint density at radius 3 is 2.69 bits per heavy atom. The lowest BCUT2D eigenvalue weighted by Crippen LogP contribution is -2.16. The number of aromatic nitrogens is 2. The first-order valence-electron chi connectivity index (χ1n) is 9.15. The lowest BCUT2D eigenvalue weighted by Gasteiger charge is -2.09. The van der Waals surface area contributed by atoms with Crippen molar-refractivity contribution in [2.24, 2.45) is 0 Å². The molecule has 3 rings (SSSR count). The summed E-state index contributed by atoms with van der Waals surface area (Å²) in [6.07, 6.45) is 1.77. The molecule has 0 fully saturated rings. The third-order valence-electron chi connectivity index (χ3n) is 4.02. The molecule has 6 nitrogen and oxygen atoms in total. The average Bonchev–Trinajstić information content (AvgIpc) is 2.73. The molecule has 0 bridgehead atoms. The molecule has 0 aliphatic heterocycles. The van der Waals surface area contributed by atoms with Crippen LogP contribution in [0.2, 0.25) is 0 Å². The molecule has 0 saturated heterocycles. The molecule has 1 N–H and O–H groups in total. The van der Waals surface area contributed by atoms with Gasteiger partial charge in [0.05, 0.1) is 22.9 Å². The maximum Gasteiger partial charge on any atom is 0.339 e. The summed E-state index contributed by atoms with van der Waals surface area (Å²) in [5.74, 6) is -0.0348. The van der Waals surface area contributed by atoms with Crippen molar-refractivity contribution < 1.29 is 14.3 Å². The highest BCUT2D eigenvalue weighted by Gasteiger charge is 2.15. The molecule has 1 amide bonds. The first-order valence-corrected chi connectivity index (χ1v) is 10.1. The van der Waals surface area contributed by atoms with Crippen LogP contribution in [-0.4, -0.2) is 28.5 Å². The number of carbonyl (C=O) groups excluding carboxylic acids is 2. The molecule has 0 spiro atoms. The van der Waals surface area contributed by atoms with Gasteiger partial charge >= 0.3 is 5.97 Å². The van der Waals surface area contributed by atoms with Gasteiger partial charge in [-0.25, -0.2) is 14.8 Å². The zero-order valence-electron chi connectivity index (χ0n) is 16.2. The van der Waals surface area contributed by atoms with Crippen LogP contribution in [-0.2, 0) is 10.5 Å². The highest BCUT2D eigenvalue weighted by molar-refractivity contribution is 7.98. The van der Waals surface area contributed by atoms with Crippen LogP contribution in [0.4, 0.5) is 5.69 Å². The van der Waals surface area contributed by atoms with E-state index in [0.717, 1.165) is 16.3 Å². The number of hydrogen-bond donors (Lipinski definition) is 1. The average molecular weight is 407 g/mol. The number of pyridine rings is 2. The summed E-state index contributed by atoms with van der Waals surface area (Å²) in [5, 5.41) is 3.80. The third kappa shape index (κ3) is 5.65. The monoisotopic (exact) mass is 407 g/mol. The maximum atomic E-state index is 12.6. The van der Waals surface area contributed by atoms with Gasteiger partial charge in [0.1, 0.15) is 5.69 Å². The van der Waals surface area contributed by atoms with Gasteiger partial charge in [0, 0.05) is 17.6 Å². The fourth-order valence-electron chi connectivity index (χ4n) is 2.64. The molecule has 0 unspecified atom stereocenters. The Bertz CT molecular complexity index is 1010. The number of thioether (sulfide) groups is 1. The van der Waals surface area contributed by atoms with E-state index in [9.17, 15) is 9.59 Å². The molecule has 3 aromatic rings. The Morgan fingerprint density at radius 2 is 1.97 bits per heavy atom. The first kappa shape index (κ1) is 20.5. The predicted molar refractivity (Wildman–Crippen MR) is 113 cm³/mol. The van der Waals surface area contributed by atoms with Crippen molar-refractivity contribution in [1.29, 1.82) is 0 Å². The van der Waals surface area contributed by atoms with Gasteiger partial charge in [-0.15, -0.1) is 11.8 Å². The Kier molecular flexibility index (Phi) is 6.97. The van der Waals surface area contributed by atoms with Gasteiger partial charge in [-0.1, -0.05) is 18.2 Å². The van der Waals surface area contributed by atoms with E-state index in [4.69, 9.17) is 4.74 Å². The normalized spacial score (nSPS) is 10.4. The van der Waals surface area contributed by atoms with Crippen molar-refractivity contribution >= 4 is 29.3 Å². The Hall–Kier alpha value is -3.19. The van der Waals surface area contributed by atoms with Crippen molar-refractivity contribution in [2.75, 3.05) is 11.9 Å². The maximum absolute atomic E-state index is 12.6. The quantitative estimate of drug-likeness (QED) is 0.459. The number of ether oxygens (including phenoxy) is 1. The van der Waals surface area contributed by atoms with Crippen LogP contribution in [0.25, 0.3) is 0 Å². The van der Waals surface area contributed by atoms with E-state index < -0.39 is 5.97 Å². The zero-order valence-corrected chi connectivity index (χ0v) is 17.0. The van der Waals surface area contributed by atoms with Crippen molar-refractivity contribution in [1.82, 2.24) is 9.97 Å². The van der Waals surface area contributed by atoms with E-state index in [1.807, 2.05) is 42.5 Å². The van der Waals surface area contributed by atoms with Crippen LogP contribution >= 0.6 is 11.8 Å². The summed E-state index contributed by atoms with van der Waals surface area (Å²) in [5.41, 5.74) is 2.81. The van der Waals surface area contributed by atoms with Crippen LogP contribution in [0.3, 0.4) is 0 Å². The minimum atomic E-state index is -0.442. The lowest BCUT2D eigenvalue weighted by molar-refractivity contribution is 0.0524. The second-order valence-corrected chi connectivity index (χ2v) is 7.16. The molecule has 29 heavy (non-hydrogen) atoms. The Balaban J connectivity index is 1.66. The predicted octanol–water partition coefficient (Wildman–Crippen LogP) is 4.51.